The molecule has 7 heteroatoms. The second kappa shape index (κ2) is 5.20. The SMILES string of the molecule is Cc1noc(C)c1C(=O)Nc1ccc(-n2cncn2)cc1. The Kier molecular flexibility index (Phi) is 3.23. The quantitative estimate of drug-likeness (QED) is 0.795. The summed E-state index contributed by atoms with van der Waals surface area (Å²) in [4.78, 5) is 16.1. The lowest BCUT2D eigenvalue weighted by molar-refractivity contribution is 0.102. The van der Waals surface area contributed by atoms with Crippen molar-refractivity contribution in [2.75, 3.05) is 5.32 Å². The second-order valence-electron chi connectivity index (χ2n) is 4.54. The highest BCUT2D eigenvalue weighted by Crippen LogP contribution is 2.17. The summed E-state index contributed by atoms with van der Waals surface area (Å²) in [6, 6.07) is 7.29. The molecule has 0 bridgehead atoms. The first kappa shape index (κ1) is 13.0. The fraction of sp³-hybridized carbons (Fsp3) is 0.143. The average molecular weight is 283 g/mol. The van der Waals surface area contributed by atoms with E-state index >= 15 is 0 Å². The highest BCUT2D eigenvalue weighted by molar-refractivity contribution is 6.05. The van der Waals surface area contributed by atoms with Crippen LogP contribution in [-0.2, 0) is 0 Å². The lowest BCUT2D eigenvalue weighted by Gasteiger charge is -2.06. The zero-order valence-electron chi connectivity index (χ0n) is 11.6. The van der Waals surface area contributed by atoms with Crippen LogP contribution in [0, 0.1) is 13.8 Å². The molecule has 0 aliphatic rings. The normalized spacial score (nSPS) is 10.6. The van der Waals surface area contributed by atoms with Crippen molar-refractivity contribution in [3.05, 3.63) is 53.9 Å². The van der Waals surface area contributed by atoms with Crippen molar-refractivity contribution in [2.45, 2.75) is 13.8 Å². The van der Waals surface area contributed by atoms with E-state index in [1.54, 1.807) is 37.0 Å². The highest BCUT2D eigenvalue weighted by atomic mass is 16.5. The zero-order chi connectivity index (χ0) is 14.8. The lowest BCUT2D eigenvalue weighted by Crippen LogP contribution is -2.13. The predicted octanol–water partition coefficient (Wildman–Crippen LogP) is 2.12. The van der Waals surface area contributed by atoms with Gasteiger partial charge >= 0.3 is 0 Å². The number of benzene rings is 1. The van der Waals surface area contributed by atoms with Gasteiger partial charge in [-0.1, -0.05) is 5.16 Å². The monoisotopic (exact) mass is 283 g/mol. The van der Waals surface area contributed by atoms with Crippen LogP contribution in [0.25, 0.3) is 5.69 Å². The van der Waals surface area contributed by atoms with Gasteiger partial charge in [0.15, 0.2) is 0 Å². The molecule has 0 fully saturated rings. The summed E-state index contributed by atoms with van der Waals surface area (Å²) >= 11 is 0. The third kappa shape index (κ3) is 2.53. The number of hydrogen-bond acceptors (Lipinski definition) is 5. The van der Waals surface area contributed by atoms with Gasteiger partial charge in [0.1, 0.15) is 24.0 Å². The summed E-state index contributed by atoms with van der Waals surface area (Å²) in [5, 5.41) is 10.6. The molecular weight excluding hydrogens is 270 g/mol. The molecule has 0 aliphatic carbocycles. The van der Waals surface area contributed by atoms with Crippen LogP contribution in [0.1, 0.15) is 21.8 Å². The van der Waals surface area contributed by atoms with E-state index in [1.807, 2.05) is 12.1 Å². The molecule has 0 unspecified atom stereocenters. The van der Waals surface area contributed by atoms with Gasteiger partial charge in [-0.15, -0.1) is 0 Å². The fourth-order valence-electron chi connectivity index (χ4n) is 2.04. The Labute approximate surface area is 120 Å². The Morgan fingerprint density at radius 3 is 2.57 bits per heavy atom. The Morgan fingerprint density at radius 2 is 2.00 bits per heavy atom. The summed E-state index contributed by atoms with van der Waals surface area (Å²) in [5.41, 5.74) is 2.59. The molecule has 3 rings (SSSR count). The molecule has 0 radical (unpaired) electrons. The Morgan fingerprint density at radius 1 is 1.24 bits per heavy atom. The van der Waals surface area contributed by atoms with E-state index in [0.29, 0.717) is 22.7 Å². The van der Waals surface area contributed by atoms with Gasteiger partial charge in [-0.05, 0) is 38.1 Å². The molecule has 0 aliphatic heterocycles. The van der Waals surface area contributed by atoms with Crippen molar-refractivity contribution in [3.63, 3.8) is 0 Å². The molecule has 0 saturated heterocycles. The van der Waals surface area contributed by atoms with Crippen molar-refractivity contribution in [1.82, 2.24) is 19.9 Å². The van der Waals surface area contributed by atoms with Gasteiger partial charge in [0.05, 0.1) is 11.4 Å². The van der Waals surface area contributed by atoms with Crippen molar-refractivity contribution < 1.29 is 9.32 Å². The number of anilines is 1. The summed E-state index contributed by atoms with van der Waals surface area (Å²) in [6.45, 7) is 3.45. The molecular formula is C14H13N5O2. The van der Waals surface area contributed by atoms with Crippen molar-refractivity contribution in [2.24, 2.45) is 0 Å². The van der Waals surface area contributed by atoms with Crippen LogP contribution in [0.3, 0.4) is 0 Å². The van der Waals surface area contributed by atoms with Gasteiger partial charge in [-0.2, -0.15) is 5.10 Å². The molecule has 3 aromatic rings. The van der Waals surface area contributed by atoms with Crippen molar-refractivity contribution in [1.29, 1.82) is 0 Å². The van der Waals surface area contributed by atoms with Gasteiger partial charge in [-0.25, -0.2) is 9.67 Å². The first-order chi connectivity index (χ1) is 10.1. The van der Waals surface area contributed by atoms with E-state index in [1.165, 1.54) is 6.33 Å². The largest absolute Gasteiger partial charge is 0.361 e. The van der Waals surface area contributed by atoms with Gasteiger partial charge in [0.2, 0.25) is 0 Å². The van der Waals surface area contributed by atoms with E-state index in [-0.39, 0.29) is 5.91 Å². The Balaban J connectivity index is 1.78. The molecule has 21 heavy (non-hydrogen) atoms. The van der Waals surface area contributed by atoms with Crippen LogP contribution in [0.2, 0.25) is 0 Å². The Bertz CT molecular complexity index is 740. The zero-order valence-corrected chi connectivity index (χ0v) is 11.6. The van der Waals surface area contributed by atoms with Gasteiger partial charge in [-0.3, -0.25) is 4.79 Å². The Hall–Kier alpha value is -2.96. The summed E-state index contributed by atoms with van der Waals surface area (Å²) in [5.74, 6) is 0.268. The molecule has 1 aromatic carbocycles. The molecule has 7 nitrogen and oxygen atoms in total. The van der Waals surface area contributed by atoms with Crippen LogP contribution < -0.4 is 5.32 Å². The number of amides is 1. The number of nitrogens with zero attached hydrogens (tertiary/aromatic N) is 4. The predicted molar refractivity (Wildman–Crippen MR) is 75.3 cm³/mol. The topological polar surface area (TPSA) is 85.8 Å². The van der Waals surface area contributed by atoms with E-state index in [4.69, 9.17) is 4.52 Å². The van der Waals surface area contributed by atoms with Crippen molar-refractivity contribution in [3.8, 4) is 5.69 Å². The van der Waals surface area contributed by atoms with Crippen LogP contribution in [0.5, 0.6) is 0 Å². The number of aromatic nitrogens is 4. The van der Waals surface area contributed by atoms with E-state index in [9.17, 15) is 4.79 Å². The van der Waals surface area contributed by atoms with E-state index in [2.05, 4.69) is 20.6 Å². The van der Waals surface area contributed by atoms with E-state index in [0.717, 1.165) is 5.69 Å². The smallest absolute Gasteiger partial charge is 0.261 e. The minimum Gasteiger partial charge on any atom is -0.361 e. The molecule has 0 spiro atoms. The number of carbonyl (C=O) groups excluding carboxylic acids is 1. The molecule has 2 heterocycles. The van der Waals surface area contributed by atoms with Crippen LogP contribution in [0.4, 0.5) is 5.69 Å². The minimum atomic E-state index is -0.236. The van der Waals surface area contributed by atoms with Gasteiger partial charge in [0.25, 0.3) is 5.91 Å². The third-order valence-electron chi connectivity index (χ3n) is 3.07. The fourth-order valence-corrected chi connectivity index (χ4v) is 2.04. The van der Waals surface area contributed by atoms with E-state index < -0.39 is 0 Å². The standard InChI is InChI=1S/C14H13N5O2/c1-9-13(10(2)21-18-9)14(20)17-11-3-5-12(6-4-11)19-8-15-7-16-19/h3-8H,1-2H3,(H,17,20). The molecule has 1 amide bonds. The summed E-state index contributed by atoms with van der Waals surface area (Å²) in [7, 11) is 0. The average Bonchev–Trinajstić information content (AvgIpc) is 3.10. The number of nitrogens with one attached hydrogen (secondary N) is 1. The van der Waals surface area contributed by atoms with Crippen LogP contribution >= 0.6 is 0 Å². The number of aryl methyl sites for hydroxylation is 2. The maximum absolute atomic E-state index is 12.2. The van der Waals surface area contributed by atoms with Gasteiger partial charge in [0, 0.05) is 5.69 Å². The van der Waals surface area contributed by atoms with Crippen LogP contribution in [-0.4, -0.2) is 25.8 Å². The number of rotatable bonds is 3. The summed E-state index contributed by atoms with van der Waals surface area (Å²) in [6.07, 6.45) is 3.07. The van der Waals surface area contributed by atoms with Gasteiger partial charge < -0.3 is 9.84 Å². The first-order valence-corrected chi connectivity index (χ1v) is 6.34. The minimum absolute atomic E-state index is 0.236. The number of hydrogen-bond donors (Lipinski definition) is 1. The second-order valence-corrected chi connectivity index (χ2v) is 4.54. The molecule has 2 aromatic heterocycles. The lowest BCUT2D eigenvalue weighted by atomic mass is 10.2. The molecule has 1 N–H and O–H groups in total. The molecule has 0 saturated carbocycles. The first-order valence-electron chi connectivity index (χ1n) is 6.34. The maximum atomic E-state index is 12.2. The van der Waals surface area contributed by atoms with Crippen molar-refractivity contribution >= 4 is 11.6 Å². The number of carbonyl (C=O) groups is 1. The summed E-state index contributed by atoms with van der Waals surface area (Å²) < 4.78 is 6.63. The maximum Gasteiger partial charge on any atom is 0.261 e. The highest BCUT2D eigenvalue weighted by Gasteiger charge is 2.17. The molecule has 106 valence electrons. The van der Waals surface area contributed by atoms with Crippen LogP contribution in [0.15, 0.2) is 41.4 Å². The molecule has 0 atom stereocenters. The third-order valence-corrected chi connectivity index (χ3v) is 3.07.